The molecule has 3 N–H and O–H groups in total. The maximum Gasteiger partial charge on any atom is 0.342 e. The van der Waals surface area contributed by atoms with E-state index >= 15 is 0 Å². The third kappa shape index (κ3) is 5.51. The third-order valence-corrected chi connectivity index (χ3v) is 8.44. The highest BCUT2D eigenvalue weighted by molar-refractivity contribution is 6.30. The Kier molecular flexibility index (Phi) is 7.54. The van der Waals surface area contributed by atoms with Crippen LogP contribution in [-0.2, 0) is 4.74 Å². The quantitative estimate of drug-likeness (QED) is 0.369. The number of nitrogen functional groups attached to an aromatic ring is 1. The van der Waals surface area contributed by atoms with Gasteiger partial charge < -0.3 is 15.6 Å². The average Bonchev–Trinajstić information content (AvgIpc) is 3.18. The number of carbonyl (C=O) groups is 1. The van der Waals surface area contributed by atoms with Crippen LogP contribution in [0.2, 0.25) is 5.02 Å². The predicted molar refractivity (Wildman–Crippen MR) is 157 cm³/mol. The summed E-state index contributed by atoms with van der Waals surface area (Å²) in [5, 5.41) is 10.6. The molecule has 2 heterocycles. The monoisotopic (exact) mass is 553 g/mol. The summed E-state index contributed by atoms with van der Waals surface area (Å²) >= 11 is 6.13. The Morgan fingerprint density at radius 2 is 1.62 bits per heavy atom. The molecule has 2 atom stereocenters. The van der Waals surface area contributed by atoms with Gasteiger partial charge in [-0.2, -0.15) is 0 Å². The molecule has 0 spiro atoms. The van der Waals surface area contributed by atoms with Gasteiger partial charge in [0.1, 0.15) is 28.5 Å². The molecule has 0 bridgehead atoms. The molecule has 8 heteroatoms. The lowest BCUT2D eigenvalue weighted by Gasteiger charge is -2.50. The number of aliphatic hydroxyl groups is 1. The first-order chi connectivity index (χ1) is 18.0. The van der Waals surface area contributed by atoms with Crippen molar-refractivity contribution in [1.29, 1.82) is 0 Å². The van der Waals surface area contributed by atoms with E-state index in [2.05, 4.69) is 53.5 Å². The number of fused-ring (bicyclic) bond motifs is 1. The summed E-state index contributed by atoms with van der Waals surface area (Å²) in [7, 11) is 0. The molecule has 1 aliphatic rings. The largest absolute Gasteiger partial charge is 0.512 e. The van der Waals surface area contributed by atoms with Crippen molar-refractivity contribution in [1.82, 2.24) is 9.38 Å². The van der Waals surface area contributed by atoms with Crippen LogP contribution in [0.3, 0.4) is 0 Å². The van der Waals surface area contributed by atoms with Crippen LogP contribution in [0.4, 0.5) is 5.82 Å². The molecule has 1 fully saturated rings. The van der Waals surface area contributed by atoms with E-state index in [0.29, 0.717) is 22.1 Å². The molecule has 7 nitrogen and oxygen atoms in total. The van der Waals surface area contributed by atoms with Crippen LogP contribution in [0.5, 0.6) is 0 Å². The molecular weight excluding hydrogens is 514 g/mol. The number of halogens is 1. The van der Waals surface area contributed by atoms with E-state index in [1.165, 1.54) is 11.3 Å². The Bertz CT molecular complexity index is 1490. The number of esters is 1. The Labute approximate surface area is 235 Å². The molecule has 2 aromatic heterocycles. The van der Waals surface area contributed by atoms with Crippen molar-refractivity contribution in [3.63, 3.8) is 0 Å². The first-order valence-corrected chi connectivity index (χ1v) is 13.9. The van der Waals surface area contributed by atoms with E-state index in [9.17, 15) is 14.7 Å². The second-order valence-corrected chi connectivity index (χ2v) is 13.7. The molecule has 210 valence electrons. The van der Waals surface area contributed by atoms with E-state index < -0.39 is 11.5 Å². The minimum absolute atomic E-state index is 0.0841. The molecule has 1 saturated carbocycles. The summed E-state index contributed by atoms with van der Waals surface area (Å²) in [5.41, 5.74) is 6.81. The smallest absolute Gasteiger partial charge is 0.342 e. The summed E-state index contributed by atoms with van der Waals surface area (Å²) in [4.78, 5) is 32.0. The van der Waals surface area contributed by atoms with Crippen molar-refractivity contribution >= 4 is 34.8 Å². The molecule has 0 saturated heterocycles. The summed E-state index contributed by atoms with van der Waals surface area (Å²) in [6, 6.07) is 7.01. The number of rotatable bonds is 3. The minimum Gasteiger partial charge on any atom is -0.512 e. The fourth-order valence-corrected chi connectivity index (χ4v) is 6.23. The van der Waals surface area contributed by atoms with E-state index in [4.69, 9.17) is 22.1 Å². The number of carbonyl (C=O) groups excluding carboxylic acids is 1. The molecule has 39 heavy (non-hydrogen) atoms. The van der Waals surface area contributed by atoms with Crippen LogP contribution in [-0.4, -0.2) is 26.6 Å². The Hall–Kier alpha value is -3.06. The molecule has 1 aromatic carbocycles. The van der Waals surface area contributed by atoms with Gasteiger partial charge >= 0.3 is 5.97 Å². The van der Waals surface area contributed by atoms with Crippen molar-refractivity contribution in [3.05, 3.63) is 56.6 Å². The molecule has 3 aromatic rings. The van der Waals surface area contributed by atoms with Crippen molar-refractivity contribution in [2.75, 3.05) is 5.73 Å². The number of anilines is 1. The van der Waals surface area contributed by atoms with E-state index in [1.807, 2.05) is 0 Å². The highest BCUT2D eigenvalue weighted by Gasteiger charge is 2.48. The lowest BCUT2D eigenvalue weighted by Crippen LogP contribution is -2.49. The van der Waals surface area contributed by atoms with Crippen LogP contribution >= 0.6 is 11.6 Å². The predicted octanol–water partition coefficient (Wildman–Crippen LogP) is 6.28. The van der Waals surface area contributed by atoms with Gasteiger partial charge in [-0.05, 0) is 54.2 Å². The first-order valence-electron chi connectivity index (χ1n) is 13.5. The number of nitrogens with zero attached hydrogens (tertiary/aromatic N) is 2. The second-order valence-electron chi connectivity index (χ2n) is 13.3. The second kappa shape index (κ2) is 10.2. The van der Waals surface area contributed by atoms with Crippen molar-refractivity contribution in [2.24, 2.45) is 28.6 Å². The zero-order valence-electron chi connectivity index (χ0n) is 24.1. The number of nitrogens with two attached hydrogens (primary N) is 1. The lowest BCUT2D eigenvalue weighted by atomic mass is 9.59. The van der Waals surface area contributed by atoms with Crippen molar-refractivity contribution < 1.29 is 14.6 Å². The van der Waals surface area contributed by atoms with E-state index in [0.717, 1.165) is 12.8 Å². The number of aromatic nitrogens is 2. The van der Waals surface area contributed by atoms with Crippen LogP contribution in [0.25, 0.3) is 22.5 Å². The highest BCUT2D eigenvalue weighted by atomic mass is 35.5. The maximum atomic E-state index is 14.2. The normalized spacial score (nSPS) is 23.1. The van der Waals surface area contributed by atoms with Crippen LogP contribution < -0.4 is 16.5 Å². The van der Waals surface area contributed by atoms with Crippen LogP contribution in [0, 0.1) is 28.6 Å². The zero-order chi connectivity index (χ0) is 29.0. The SMILES string of the molecule is C/C(O)=c1/c(N)nc2c(C(=O)OC3C(C(C)(C)C)CC(C)CC3C(C)(C)C)c(-c3ccc(Cl)cc3)cn2c1=O. The van der Waals surface area contributed by atoms with Gasteiger partial charge in [-0.1, -0.05) is 72.2 Å². The van der Waals surface area contributed by atoms with Crippen molar-refractivity contribution in [2.45, 2.75) is 74.3 Å². The molecule has 4 rings (SSSR count). The number of hydrogen-bond donors (Lipinski definition) is 2. The highest BCUT2D eigenvalue weighted by Crippen LogP contribution is 2.50. The van der Waals surface area contributed by atoms with Crippen LogP contribution in [0.1, 0.15) is 78.6 Å². The molecule has 2 unspecified atom stereocenters. The fraction of sp³-hybridized carbons (Fsp3) is 0.516. The van der Waals surface area contributed by atoms with Gasteiger partial charge in [-0.25, -0.2) is 9.78 Å². The van der Waals surface area contributed by atoms with Gasteiger partial charge in [0.2, 0.25) is 0 Å². The van der Waals surface area contributed by atoms with Gasteiger partial charge in [-0.3, -0.25) is 9.20 Å². The Morgan fingerprint density at radius 1 is 1.08 bits per heavy atom. The van der Waals surface area contributed by atoms with E-state index in [1.54, 1.807) is 30.5 Å². The van der Waals surface area contributed by atoms with Gasteiger partial charge in [0.25, 0.3) is 5.56 Å². The van der Waals surface area contributed by atoms with Gasteiger partial charge in [0.15, 0.2) is 5.65 Å². The Morgan fingerprint density at radius 3 is 2.10 bits per heavy atom. The minimum atomic E-state index is -0.557. The molecule has 0 amide bonds. The summed E-state index contributed by atoms with van der Waals surface area (Å²) in [5.74, 6) is -0.130. The number of ether oxygens (including phenoxy) is 1. The third-order valence-electron chi connectivity index (χ3n) is 8.19. The average molecular weight is 554 g/mol. The maximum absolute atomic E-state index is 14.2. The zero-order valence-corrected chi connectivity index (χ0v) is 24.9. The standard InChI is InChI=1S/C31H40ClN3O4/c1-16-13-21(30(3,4)5)25(22(14-16)31(6,7)8)39-29(38)24-20(18-9-11-19(32)12-10-18)15-35-27(24)34-26(33)23(17(2)36)28(35)37/h9-12,15-16,21-22,25,36H,13-14H2,1-8H3,(H2,33,34)/b23-17+. The lowest BCUT2D eigenvalue weighted by molar-refractivity contribution is -0.0922. The van der Waals surface area contributed by atoms with Gasteiger partial charge in [-0.15, -0.1) is 0 Å². The Balaban J connectivity index is 1.94. The summed E-state index contributed by atoms with van der Waals surface area (Å²) < 4.78 is 7.76. The number of hydrogen-bond acceptors (Lipinski definition) is 6. The van der Waals surface area contributed by atoms with E-state index in [-0.39, 0.29) is 56.8 Å². The first kappa shape index (κ1) is 28.9. The molecule has 1 aliphatic carbocycles. The number of aliphatic hydroxyl groups excluding tert-OH is 1. The van der Waals surface area contributed by atoms with Gasteiger partial charge in [0.05, 0.1) is 0 Å². The summed E-state index contributed by atoms with van der Waals surface area (Å²) in [6.07, 6.45) is 3.15. The number of benzene rings is 1. The van der Waals surface area contributed by atoms with Gasteiger partial charge in [0, 0.05) is 28.6 Å². The molecular formula is C31H40ClN3O4. The molecule has 0 radical (unpaired) electrons. The fourth-order valence-electron chi connectivity index (χ4n) is 6.10. The topological polar surface area (TPSA) is 107 Å². The van der Waals surface area contributed by atoms with Crippen LogP contribution in [0.15, 0.2) is 35.3 Å². The molecule has 0 aliphatic heterocycles. The summed E-state index contributed by atoms with van der Waals surface area (Å²) in [6.45, 7) is 16.8. The van der Waals surface area contributed by atoms with Crippen molar-refractivity contribution in [3.8, 4) is 11.1 Å².